The van der Waals surface area contributed by atoms with E-state index in [1.807, 2.05) is 0 Å². The van der Waals surface area contributed by atoms with E-state index >= 15 is 0 Å². The van der Waals surface area contributed by atoms with Crippen molar-refractivity contribution in [3.05, 3.63) is 90.7 Å². The predicted octanol–water partition coefficient (Wildman–Crippen LogP) is 7.03. The SMILES string of the molecule is CC(C)C1=CC=C[CH]1.CC(C)C1=CC=C[CH]1.CC(C)C1=CC=C[CH]1.[Ce]. The monoisotopic (exact) mass is 461 g/mol. The van der Waals surface area contributed by atoms with E-state index in [0.717, 1.165) is 0 Å². The Morgan fingerprint density at radius 1 is 0.440 bits per heavy atom. The standard InChI is InChI=1S/3C8H11.Ce/c3*1-7(2)8-5-3-4-6-8;/h3*3-7H,1-2H3;. The first-order valence-corrected chi connectivity index (χ1v) is 9.06. The third-order valence-electron chi connectivity index (χ3n) is 4.07. The van der Waals surface area contributed by atoms with Gasteiger partial charge in [0.2, 0.25) is 0 Å². The van der Waals surface area contributed by atoms with Gasteiger partial charge in [-0.3, -0.25) is 0 Å². The molecule has 3 aliphatic rings. The Morgan fingerprint density at radius 2 is 0.680 bits per heavy atom. The Morgan fingerprint density at radius 3 is 0.760 bits per heavy atom. The van der Waals surface area contributed by atoms with Crippen LogP contribution in [0, 0.1) is 78.8 Å². The van der Waals surface area contributed by atoms with Crippen LogP contribution in [-0.2, 0) is 0 Å². The summed E-state index contributed by atoms with van der Waals surface area (Å²) in [6.45, 7) is 13.2. The van der Waals surface area contributed by atoms with Crippen molar-refractivity contribution in [1.29, 1.82) is 0 Å². The quantitative estimate of drug-likeness (QED) is 0.423. The molecule has 0 saturated heterocycles. The van der Waals surface area contributed by atoms with E-state index in [1.165, 1.54) is 16.7 Å². The zero-order valence-corrected chi connectivity index (χ0v) is 19.8. The van der Waals surface area contributed by atoms with Gasteiger partial charge in [-0.15, -0.1) is 0 Å². The van der Waals surface area contributed by atoms with Gasteiger partial charge in [0.05, 0.1) is 0 Å². The fraction of sp³-hybridized carbons (Fsp3) is 0.375. The first-order chi connectivity index (χ1) is 11.4. The Hall–Kier alpha value is -0.183. The van der Waals surface area contributed by atoms with Crippen LogP contribution in [0.5, 0.6) is 0 Å². The summed E-state index contributed by atoms with van der Waals surface area (Å²) < 4.78 is 0. The summed E-state index contributed by atoms with van der Waals surface area (Å²) in [5.74, 6) is 2.06. The summed E-state index contributed by atoms with van der Waals surface area (Å²) in [5.41, 5.74) is 4.31. The van der Waals surface area contributed by atoms with Gasteiger partial charge < -0.3 is 0 Å². The second-order valence-corrected chi connectivity index (χ2v) is 7.12. The molecule has 133 valence electrons. The molecule has 0 atom stereocenters. The summed E-state index contributed by atoms with van der Waals surface area (Å²) in [4.78, 5) is 0. The minimum absolute atomic E-state index is 0. The van der Waals surface area contributed by atoms with Gasteiger partial charge in [0.15, 0.2) is 0 Å². The minimum atomic E-state index is 0. The van der Waals surface area contributed by atoms with Crippen molar-refractivity contribution in [3.63, 3.8) is 0 Å². The molecular weight excluding hydrogens is 428 g/mol. The molecule has 3 radical (unpaired) electrons. The average Bonchev–Trinajstić information content (AvgIpc) is 3.29. The van der Waals surface area contributed by atoms with E-state index in [2.05, 4.69) is 115 Å². The first kappa shape index (κ1) is 24.8. The molecule has 0 saturated carbocycles. The fourth-order valence-corrected chi connectivity index (χ4v) is 2.32. The van der Waals surface area contributed by atoms with Gasteiger partial charge in [-0.1, -0.05) is 113 Å². The third kappa shape index (κ3) is 10.5. The van der Waals surface area contributed by atoms with E-state index in [0.29, 0.717) is 17.8 Å². The molecule has 1 heteroatoms. The molecule has 0 unspecified atom stereocenters. The summed E-state index contributed by atoms with van der Waals surface area (Å²) >= 11 is 0. The second-order valence-electron chi connectivity index (χ2n) is 7.12. The molecule has 3 aliphatic carbocycles. The second kappa shape index (κ2) is 13.9. The van der Waals surface area contributed by atoms with Crippen LogP contribution in [0.3, 0.4) is 0 Å². The molecule has 0 aromatic carbocycles. The molecule has 3 rings (SSSR count). The van der Waals surface area contributed by atoms with Crippen molar-refractivity contribution >= 4 is 0 Å². The minimum Gasteiger partial charge on any atom is -0.0764 e. The summed E-state index contributed by atoms with van der Waals surface area (Å²) in [6.07, 6.45) is 25.4. The van der Waals surface area contributed by atoms with Crippen molar-refractivity contribution in [2.75, 3.05) is 0 Å². The zero-order valence-electron chi connectivity index (χ0n) is 16.7. The van der Waals surface area contributed by atoms with Crippen LogP contribution in [0.4, 0.5) is 0 Å². The molecule has 0 N–H and O–H groups in total. The Labute approximate surface area is 190 Å². The Bertz CT molecular complexity index is 468. The summed E-state index contributed by atoms with van der Waals surface area (Å²) in [7, 11) is 0. The van der Waals surface area contributed by atoms with Gasteiger partial charge >= 0.3 is 0 Å². The third-order valence-corrected chi connectivity index (χ3v) is 4.07. The van der Waals surface area contributed by atoms with Gasteiger partial charge in [-0.25, -0.2) is 0 Å². The summed E-state index contributed by atoms with van der Waals surface area (Å²) in [5, 5.41) is 0. The molecule has 0 amide bonds. The van der Waals surface area contributed by atoms with Crippen molar-refractivity contribution < 1.29 is 41.7 Å². The molecule has 0 fully saturated rings. The van der Waals surface area contributed by atoms with E-state index in [9.17, 15) is 0 Å². The van der Waals surface area contributed by atoms with Gasteiger partial charge in [-0.2, -0.15) is 0 Å². The van der Waals surface area contributed by atoms with Crippen LogP contribution in [0.15, 0.2) is 71.4 Å². The van der Waals surface area contributed by atoms with Crippen molar-refractivity contribution in [1.82, 2.24) is 0 Å². The van der Waals surface area contributed by atoms with Crippen molar-refractivity contribution in [2.45, 2.75) is 41.5 Å². The van der Waals surface area contributed by atoms with Crippen LogP contribution in [0.2, 0.25) is 0 Å². The smallest absolute Gasteiger partial charge is 0.00861 e. The van der Waals surface area contributed by atoms with Crippen LogP contribution in [0.25, 0.3) is 0 Å². The van der Waals surface area contributed by atoms with Gasteiger partial charge in [0.25, 0.3) is 0 Å². The number of hydrogen-bond acceptors (Lipinski definition) is 0. The molecular formula is C24H33Ce. The van der Waals surface area contributed by atoms with E-state index < -0.39 is 0 Å². The van der Waals surface area contributed by atoms with Crippen molar-refractivity contribution in [2.24, 2.45) is 17.8 Å². The predicted molar refractivity (Wildman–Crippen MR) is 109 cm³/mol. The maximum atomic E-state index is 2.20. The van der Waals surface area contributed by atoms with Crippen LogP contribution >= 0.6 is 0 Å². The number of hydrogen-bond donors (Lipinski definition) is 0. The molecule has 0 heterocycles. The molecule has 0 bridgehead atoms. The Kier molecular flexibility index (Phi) is 13.8. The van der Waals surface area contributed by atoms with Gasteiger partial charge in [-0.05, 0) is 17.8 Å². The molecule has 0 aliphatic heterocycles. The largest absolute Gasteiger partial charge is 0.0764 e. The molecule has 0 spiro atoms. The Balaban J connectivity index is 0.000000339. The summed E-state index contributed by atoms with van der Waals surface area (Å²) in [6, 6.07) is 0. The average molecular weight is 462 g/mol. The van der Waals surface area contributed by atoms with Crippen LogP contribution in [-0.4, -0.2) is 0 Å². The molecule has 0 nitrogen and oxygen atoms in total. The molecule has 0 aromatic rings. The van der Waals surface area contributed by atoms with Gasteiger partial charge in [0.1, 0.15) is 0 Å². The van der Waals surface area contributed by atoms with Gasteiger partial charge in [0, 0.05) is 61.0 Å². The maximum absolute atomic E-state index is 2.20. The topological polar surface area (TPSA) is 0 Å². The van der Waals surface area contributed by atoms with Crippen LogP contribution in [0.1, 0.15) is 41.5 Å². The first-order valence-electron chi connectivity index (χ1n) is 9.06. The number of allylic oxidation sites excluding steroid dienone is 12. The van der Waals surface area contributed by atoms with Crippen LogP contribution < -0.4 is 0 Å². The van der Waals surface area contributed by atoms with E-state index in [1.54, 1.807) is 0 Å². The van der Waals surface area contributed by atoms with E-state index in [4.69, 9.17) is 0 Å². The fourth-order valence-electron chi connectivity index (χ4n) is 2.32. The maximum Gasteiger partial charge on any atom is 0.00861 e. The molecule has 25 heavy (non-hydrogen) atoms. The molecule has 0 aromatic heterocycles. The van der Waals surface area contributed by atoms with E-state index in [-0.39, 0.29) is 41.7 Å². The zero-order chi connectivity index (χ0) is 17.9. The van der Waals surface area contributed by atoms with Crippen molar-refractivity contribution in [3.8, 4) is 0 Å². The number of rotatable bonds is 3. The normalized spacial score (nSPS) is 16.9.